The smallest absolute Gasteiger partial charge is 0.0948 e. The Morgan fingerprint density at radius 3 is 3.13 bits per heavy atom. The largest absolute Gasteiger partial charge is 0.375 e. The minimum absolute atomic E-state index is 0.487. The number of halogens is 1. The van der Waals surface area contributed by atoms with E-state index in [9.17, 15) is 0 Å². The van der Waals surface area contributed by atoms with Crippen LogP contribution in [0.15, 0.2) is 12.5 Å². The molecule has 0 saturated carbocycles. The van der Waals surface area contributed by atoms with Crippen LogP contribution in [0.25, 0.3) is 0 Å². The lowest BCUT2D eigenvalue weighted by atomic mass is 9.89. The second kappa shape index (κ2) is 3.80. The fraction of sp³-hybridized carbons (Fsp3) is 0.727. The topological polar surface area (TPSA) is 27.1 Å². The third-order valence-corrected chi connectivity index (χ3v) is 3.87. The molecule has 2 aliphatic rings. The first kappa shape index (κ1) is 9.67. The highest BCUT2D eigenvalue weighted by Gasteiger charge is 2.40. The molecule has 82 valence electrons. The molecule has 3 rings (SSSR count). The van der Waals surface area contributed by atoms with Crippen LogP contribution in [0, 0.1) is 5.92 Å². The normalized spacial score (nSPS) is 33.8. The standard InChI is InChI=1S/C11H15ClN2O/c12-4-9-5-13-7-14(9)6-8-3-10-1-2-11(8)15-10/h5,7-8,10-11H,1-4,6H2. The van der Waals surface area contributed by atoms with E-state index in [1.807, 2.05) is 12.5 Å². The van der Waals surface area contributed by atoms with E-state index in [0.29, 0.717) is 24.0 Å². The van der Waals surface area contributed by atoms with Gasteiger partial charge in [-0.3, -0.25) is 0 Å². The molecule has 15 heavy (non-hydrogen) atoms. The molecule has 3 unspecified atom stereocenters. The number of hydrogen-bond donors (Lipinski definition) is 0. The van der Waals surface area contributed by atoms with Gasteiger partial charge in [0.15, 0.2) is 0 Å². The molecule has 0 spiro atoms. The van der Waals surface area contributed by atoms with E-state index in [1.165, 1.54) is 19.3 Å². The number of hydrogen-bond acceptors (Lipinski definition) is 2. The SMILES string of the molecule is ClCc1cncn1CC1CC2CCC1O2. The Morgan fingerprint density at radius 2 is 2.47 bits per heavy atom. The lowest BCUT2D eigenvalue weighted by Gasteiger charge is -2.19. The van der Waals surface area contributed by atoms with Crippen molar-refractivity contribution in [1.82, 2.24) is 9.55 Å². The summed E-state index contributed by atoms with van der Waals surface area (Å²) in [5, 5.41) is 0. The lowest BCUT2D eigenvalue weighted by molar-refractivity contribution is 0.0898. The summed E-state index contributed by atoms with van der Waals surface area (Å²) in [6, 6.07) is 0. The maximum absolute atomic E-state index is 5.85. The molecule has 2 saturated heterocycles. The summed E-state index contributed by atoms with van der Waals surface area (Å²) in [6.45, 7) is 1.02. The van der Waals surface area contributed by atoms with Crippen LogP contribution in [-0.2, 0) is 17.2 Å². The molecule has 2 aliphatic heterocycles. The van der Waals surface area contributed by atoms with Gasteiger partial charge in [0, 0.05) is 18.7 Å². The van der Waals surface area contributed by atoms with E-state index in [2.05, 4.69) is 9.55 Å². The van der Waals surface area contributed by atoms with E-state index in [-0.39, 0.29) is 0 Å². The van der Waals surface area contributed by atoms with Gasteiger partial charge in [0.25, 0.3) is 0 Å². The molecule has 3 atom stereocenters. The van der Waals surface area contributed by atoms with Crippen LogP contribution in [0.4, 0.5) is 0 Å². The molecule has 4 heteroatoms. The molecule has 0 aliphatic carbocycles. The molecule has 3 nitrogen and oxygen atoms in total. The molecule has 2 fully saturated rings. The number of imidazole rings is 1. The van der Waals surface area contributed by atoms with Gasteiger partial charge in [-0.2, -0.15) is 0 Å². The van der Waals surface area contributed by atoms with E-state index >= 15 is 0 Å². The van der Waals surface area contributed by atoms with Gasteiger partial charge in [-0.1, -0.05) is 0 Å². The minimum atomic E-state index is 0.487. The van der Waals surface area contributed by atoms with Gasteiger partial charge in [-0.25, -0.2) is 4.98 Å². The maximum Gasteiger partial charge on any atom is 0.0948 e. The number of rotatable bonds is 3. The van der Waals surface area contributed by atoms with Crippen LogP contribution in [0.5, 0.6) is 0 Å². The Labute approximate surface area is 94.4 Å². The van der Waals surface area contributed by atoms with Crippen LogP contribution in [0.1, 0.15) is 25.0 Å². The summed E-state index contributed by atoms with van der Waals surface area (Å²) in [5.41, 5.74) is 1.11. The van der Waals surface area contributed by atoms with Gasteiger partial charge in [0.2, 0.25) is 0 Å². The molecule has 0 amide bonds. The van der Waals surface area contributed by atoms with Gasteiger partial charge in [-0.05, 0) is 19.3 Å². The van der Waals surface area contributed by atoms with E-state index in [4.69, 9.17) is 16.3 Å². The second-order valence-corrected chi connectivity index (χ2v) is 4.81. The van der Waals surface area contributed by atoms with E-state index in [1.54, 1.807) is 0 Å². The first-order valence-corrected chi connectivity index (χ1v) is 6.10. The number of fused-ring (bicyclic) bond motifs is 2. The zero-order chi connectivity index (χ0) is 10.3. The van der Waals surface area contributed by atoms with Crippen LogP contribution in [-0.4, -0.2) is 21.8 Å². The Morgan fingerprint density at radius 1 is 1.53 bits per heavy atom. The predicted octanol–water partition coefficient (Wildman–Crippen LogP) is 2.19. The monoisotopic (exact) mass is 226 g/mol. The number of ether oxygens (including phenoxy) is 1. The number of aromatic nitrogens is 2. The van der Waals surface area contributed by atoms with Gasteiger partial charge >= 0.3 is 0 Å². The van der Waals surface area contributed by atoms with Crippen molar-refractivity contribution in [3.05, 3.63) is 18.2 Å². The minimum Gasteiger partial charge on any atom is -0.375 e. The zero-order valence-corrected chi connectivity index (χ0v) is 9.36. The number of nitrogens with zero attached hydrogens (tertiary/aromatic N) is 2. The fourth-order valence-corrected chi connectivity index (χ4v) is 3.03. The molecular formula is C11H15ClN2O. The highest BCUT2D eigenvalue weighted by atomic mass is 35.5. The fourth-order valence-electron chi connectivity index (χ4n) is 2.81. The van der Waals surface area contributed by atoms with Crippen LogP contribution < -0.4 is 0 Å². The van der Waals surface area contributed by atoms with Crippen molar-refractivity contribution in [1.29, 1.82) is 0 Å². The average molecular weight is 227 g/mol. The van der Waals surface area contributed by atoms with Crippen molar-refractivity contribution in [2.45, 2.75) is 43.9 Å². The summed E-state index contributed by atoms with van der Waals surface area (Å²) < 4.78 is 8.01. The number of alkyl halides is 1. The summed E-state index contributed by atoms with van der Waals surface area (Å²) in [5.74, 6) is 1.21. The Kier molecular flexibility index (Phi) is 2.45. The van der Waals surface area contributed by atoms with Gasteiger partial charge in [-0.15, -0.1) is 11.6 Å². The quantitative estimate of drug-likeness (QED) is 0.739. The van der Waals surface area contributed by atoms with Crippen LogP contribution >= 0.6 is 11.6 Å². The van der Waals surface area contributed by atoms with Gasteiger partial charge in [0.1, 0.15) is 0 Å². The molecule has 2 bridgehead atoms. The highest BCUT2D eigenvalue weighted by Crippen LogP contribution is 2.39. The van der Waals surface area contributed by atoms with Crippen molar-refractivity contribution in [3.63, 3.8) is 0 Å². The lowest BCUT2D eigenvalue weighted by Crippen LogP contribution is -2.22. The maximum atomic E-state index is 5.85. The molecular weight excluding hydrogens is 212 g/mol. The highest BCUT2D eigenvalue weighted by molar-refractivity contribution is 6.16. The zero-order valence-electron chi connectivity index (χ0n) is 8.60. The van der Waals surface area contributed by atoms with Crippen molar-refractivity contribution < 1.29 is 4.74 Å². The van der Waals surface area contributed by atoms with Crippen molar-refractivity contribution in [2.24, 2.45) is 5.92 Å². The van der Waals surface area contributed by atoms with Crippen molar-refractivity contribution in [2.75, 3.05) is 0 Å². The average Bonchev–Trinajstić information content (AvgIpc) is 2.92. The van der Waals surface area contributed by atoms with Crippen LogP contribution in [0.2, 0.25) is 0 Å². The molecule has 0 aromatic carbocycles. The third-order valence-electron chi connectivity index (χ3n) is 3.60. The van der Waals surface area contributed by atoms with Crippen molar-refractivity contribution in [3.8, 4) is 0 Å². The Hall–Kier alpha value is -0.540. The summed E-state index contributed by atoms with van der Waals surface area (Å²) in [4.78, 5) is 4.13. The summed E-state index contributed by atoms with van der Waals surface area (Å²) in [7, 11) is 0. The Balaban J connectivity index is 1.70. The van der Waals surface area contributed by atoms with E-state index in [0.717, 1.165) is 12.2 Å². The van der Waals surface area contributed by atoms with Gasteiger partial charge < -0.3 is 9.30 Å². The summed E-state index contributed by atoms with van der Waals surface area (Å²) in [6.07, 6.45) is 8.45. The Bertz CT molecular complexity index is 352. The molecule has 0 N–H and O–H groups in total. The predicted molar refractivity (Wildman–Crippen MR) is 57.8 cm³/mol. The first-order chi connectivity index (χ1) is 7.36. The third kappa shape index (κ3) is 1.68. The first-order valence-electron chi connectivity index (χ1n) is 5.57. The van der Waals surface area contributed by atoms with E-state index < -0.39 is 0 Å². The van der Waals surface area contributed by atoms with Crippen LogP contribution in [0.3, 0.4) is 0 Å². The summed E-state index contributed by atoms with van der Waals surface area (Å²) >= 11 is 5.85. The second-order valence-electron chi connectivity index (χ2n) is 4.54. The molecule has 3 heterocycles. The molecule has 1 aromatic heterocycles. The van der Waals surface area contributed by atoms with Crippen molar-refractivity contribution >= 4 is 11.6 Å². The van der Waals surface area contributed by atoms with Gasteiger partial charge in [0.05, 0.1) is 30.1 Å². The molecule has 1 aromatic rings. The molecule has 0 radical (unpaired) electrons.